The number of hydrogen-bond acceptors (Lipinski definition) is 4. The topological polar surface area (TPSA) is 50.2 Å². The van der Waals surface area contributed by atoms with Gasteiger partial charge in [0, 0.05) is 17.3 Å². The van der Waals surface area contributed by atoms with Crippen LogP contribution in [0, 0.1) is 0 Å². The van der Waals surface area contributed by atoms with Crippen molar-refractivity contribution in [1.29, 1.82) is 0 Å². The van der Waals surface area contributed by atoms with Gasteiger partial charge >= 0.3 is 0 Å². The second-order valence-corrected chi connectivity index (χ2v) is 5.24. The summed E-state index contributed by atoms with van der Waals surface area (Å²) < 4.78 is 0. The largest absolute Gasteiger partial charge is 0.508 e. The van der Waals surface area contributed by atoms with Crippen LogP contribution in [0.15, 0.2) is 42.0 Å². The molecular weight excluding hydrogens is 258 g/mol. The average Bonchev–Trinajstić information content (AvgIpc) is 2.90. The lowest BCUT2D eigenvalue weighted by Crippen LogP contribution is -1.93. The maximum atomic E-state index is 11.6. The zero-order valence-corrected chi connectivity index (χ0v) is 11.1. The van der Waals surface area contributed by atoms with Gasteiger partial charge in [-0.1, -0.05) is 6.07 Å². The van der Waals surface area contributed by atoms with Crippen molar-refractivity contribution < 1.29 is 9.90 Å². The van der Waals surface area contributed by atoms with Gasteiger partial charge in [0.05, 0.1) is 10.4 Å². The molecule has 0 spiro atoms. The van der Waals surface area contributed by atoms with E-state index in [0.717, 1.165) is 21.2 Å². The first-order valence-corrected chi connectivity index (χ1v) is 6.70. The molecule has 0 atom stereocenters. The molecule has 0 aliphatic rings. The Labute approximate surface area is 114 Å². The molecule has 1 N–H and O–H groups in total. The Morgan fingerprint density at radius 2 is 2.11 bits per heavy atom. The van der Waals surface area contributed by atoms with Gasteiger partial charge in [0.1, 0.15) is 5.75 Å². The van der Waals surface area contributed by atoms with E-state index in [9.17, 15) is 9.90 Å². The van der Waals surface area contributed by atoms with Gasteiger partial charge in [-0.15, -0.1) is 11.3 Å². The number of nitrogens with zero attached hydrogens (tertiary/aromatic N) is 1. The van der Waals surface area contributed by atoms with E-state index >= 15 is 0 Å². The number of ketones is 1. The Morgan fingerprint density at radius 1 is 1.26 bits per heavy atom. The highest BCUT2D eigenvalue weighted by Gasteiger charge is 2.10. The fourth-order valence-corrected chi connectivity index (χ4v) is 2.77. The van der Waals surface area contributed by atoms with Gasteiger partial charge in [-0.3, -0.25) is 9.78 Å². The number of Topliss-reactive ketones (excluding diaryl/α,β-unsaturated/α-hetero) is 1. The molecule has 0 fully saturated rings. The molecule has 3 rings (SSSR count). The lowest BCUT2D eigenvalue weighted by molar-refractivity contribution is 0.101. The van der Waals surface area contributed by atoms with Gasteiger partial charge in [-0.25, -0.2) is 0 Å². The molecule has 0 aliphatic heterocycles. The molecule has 94 valence electrons. The van der Waals surface area contributed by atoms with Crippen LogP contribution in [0.4, 0.5) is 0 Å². The van der Waals surface area contributed by atoms with Crippen LogP contribution >= 0.6 is 11.3 Å². The van der Waals surface area contributed by atoms with Gasteiger partial charge in [-0.2, -0.15) is 0 Å². The van der Waals surface area contributed by atoms with Crippen molar-refractivity contribution in [3.05, 3.63) is 47.6 Å². The van der Waals surface area contributed by atoms with E-state index < -0.39 is 0 Å². The molecule has 19 heavy (non-hydrogen) atoms. The maximum Gasteiger partial charge on any atom is 0.159 e. The molecule has 0 saturated heterocycles. The normalized spacial score (nSPS) is 10.8. The monoisotopic (exact) mass is 269 g/mol. The smallest absolute Gasteiger partial charge is 0.159 e. The van der Waals surface area contributed by atoms with E-state index in [-0.39, 0.29) is 11.5 Å². The summed E-state index contributed by atoms with van der Waals surface area (Å²) in [6.45, 7) is 1.54. The third-order valence-electron chi connectivity index (χ3n) is 3.04. The molecule has 0 radical (unpaired) electrons. The molecule has 1 aromatic heterocycles. The third-order valence-corrected chi connectivity index (χ3v) is 3.85. The minimum absolute atomic E-state index is 0.0102. The van der Waals surface area contributed by atoms with Crippen molar-refractivity contribution in [3.63, 3.8) is 0 Å². The first-order valence-electron chi connectivity index (χ1n) is 5.82. The van der Waals surface area contributed by atoms with Crippen LogP contribution in [0.5, 0.6) is 5.75 Å². The lowest BCUT2D eigenvalue weighted by atomic mass is 9.98. The summed E-state index contributed by atoms with van der Waals surface area (Å²) in [6, 6.07) is 8.88. The molecule has 0 aliphatic carbocycles. The molecule has 0 unspecified atom stereocenters. The highest BCUT2D eigenvalue weighted by molar-refractivity contribution is 7.13. The predicted molar refractivity (Wildman–Crippen MR) is 76.7 cm³/mol. The van der Waals surface area contributed by atoms with Gasteiger partial charge in [0.2, 0.25) is 0 Å². The number of carbonyl (C=O) groups excluding carboxylic acids is 1. The summed E-state index contributed by atoms with van der Waals surface area (Å²) in [5, 5.41) is 11.5. The average molecular weight is 269 g/mol. The van der Waals surface area contributed by atoms with E-state index in [1.165, 1.54) is 11.3 Å². The van der Waals surface area contributed by atoms with Crippen LogP contribution in [0.1, 0.15) is 17.3 Å². The minimum atomic E-state index is 0.0102. The summed E-state index contributed by atoms with van der Waals surface area (Å²) in [4.78, 5) is 16.7. The van der Waals surface area contributed by atoms with Crippen molar-refractivity contribution in [3.8, 4) is 16.2 Å². The molecule has 4 heteroatoms. The van der Waals surface area contributed by atoms with Crippen LogP contribution < -0.4 is 0 Å². The fourth-order valence-electron chi connectivity index (χ4n) is 2.11. The number of phenols is 1. The van der Waals surface area contributed by atoms with Crippen molar-refractivity contribution in [1.82, 2.24) is 4.98 Å². The van der Waals surface area contributed by atoms with Gasteiger partial charge in [0.15, 0.2) is 5.78 Å². The standard InChI is InChI=1S/C15H11NO2S/c1-9(17)10-4-11-5-12(18)2-3-13(11)14(6-10)15-7-16-8-19-15/h2-8,18H,1H3. The number of rotatable bonds is 2. The lowest BCUT2D eigenvalue weighted by Gasteiger charge is -2.08. The highest BCUT2D eigenvalue weighted by atomic mass is 32.1. The second kappa shape index (κ2) is 4.48. The number of benzene rings is 2. The number of thiazole rings is 1. The van der Waals surface area contributed by atoms with Gasteiger partial charge in [-0.05, 0) is 42.0 Å². The number of aromatic hydroxyl groups is 1. The van der Waals surface area contributed by atoms with E-state index in [0.29, 0.717) is 5.56 Å². The molecule has 2 aromatic carbocycles. The minimum Gasteiger partial charge on any atom is -0.508 e. The van der Waals surface area contributed by atoms with Crippen LogP contribution in [-0.4, -0.2) is 15.9 Å². The van der Waals surface area contributed by atoms with Gasteiger partial charge < -0.3 is 5.11 Å². The Balaban J connectivity index is 2.38. The molecule has 3 aromatic rings. The van der Waals surface area contributed by atoms with Crippen LogP contribution in [0.2, 0.25) is 0 Å². The van der Waals surface area contributed by atoms with E-state index in [1.54, 1.807) is 30.8 Å². The maximum absolute atomic E-state index is 11.6. The number of phenolic OH excluding ortho intramolecular Hbond substituents is 1. The molecule has 0 amide bonds. The highest BCUT2D eigenvalue weighted by Crippen LogP contribution is 2.34. The third kappa shape index (κ3) is 2.11. The zero-order valence-electron chi connectivity index (χ0n) is 10.3. The molecule has 0 bridgehead atoms. The van der Waals surface area contributed by atoms with E-state index in [1.807, 2.05) is 18.2 Å². The molecule has 1 heterocycles. The number of aromatic nitrogens is 1. The fraction of sp³-hybridized carbons (Fsp3) is 0.0667. The molecular formula is C15H11NO2S. The summed E-state index contributed by atoms with van der Waals surface area (Å²) in [6.07, 6.45) is 1.79. The Kier molecular flexibility index (Phi) is 2.80. The van der Waals surface area contributed by atoms with Crippen molar-refractivity contribution in [2.45, 2.75) is 6.92 Å². The van der Waals surface area contributed by atoms with Crippen molar-refractivity contribution >= 4 is 27.9 Å². The first kappa shape index (κ1) is 11.9. The molecule has 3 nitrogen and oxygen atoms in total. The van der Waals surface area contributed by atoms with E-state index in [2.05, 4.69) is 4.98 Å². The summed E-state index contributed by atoms with van der Waals surface area (Å²) in [5.74, 6) is 0.208. The van der Waals surface area contributed by atoms with Crippen molar-refractivity contribution in [2.24, 2.45) is 0 Å². The van der Waals surface area contributed by atoms with Crippen LogP contribution in [0.3, 0.4) is 0 Å². The quantitative estimate of drug-likeness (QED) is 0.718. The summed E-state index contributed by atoms with van der Waals surface area (Å²) in [5.41, 5.74) is 3.38. The Hall–Kier alpha value is -2.20. The SMILES string of the molecule is CC(=O)c1cc(-c2cncs2)c2ccc(O)cc2c1. The number of hydrogen-bond donors (Lipinski definition) is 1. The summed E-state index contributed by atoms with van der Waals surface area (Å²) in [7, 11) is 0. The predicted octanol–water partition coefficient (Wildman–Crippen LogP) is 3.87. The second-order valence-electron chi connectivity index (χ2n) is 4.35. The first-order chi connectivity index (χ1) is 9.15. The summed E-state index contributed by atoms with van der Waals surface area (Å²) >= 11 is 1.53. The van der Waals surface area contributed by atoms with E-state index in [4.69, 9.17) is 0 Å². The number of carbonyl (C=O) groups is 1. The van der Waals surface area contributed by atoms with Gasteiger partial charge in [0.25, 0.3) is 0 Å². The Morgan fingerprint density at radius 3 is 2.79 bits per heavy atom. The van der Waals surface area contributed by atoms with Crippen LogP contribution in [0.25, 0.3) is 21.2 Å². The molecule has 0 saturated carbocycles. The van der Waals surface area contributed by atoms with Crippen molar-refractivity contribution in [2.75, 3.05) is 0 Å². The van der Waals surface area contributed by atoms with Crippen LogP contribution in [-0.2, 0) is 0 Å². The number of fused-ring (bicyclic) bond motifs is 1. The zero-order chi connectivity index (χ0) is 13.4. The Bertz CT molecular complexity index is 763.